The molecule has 0 N–H and O–H groups in total. The van der Waals surface area contributed by atoms with Gasteiger partial charge in [0.05, 0.1) is 0 Å². The summed E-state index contributed by atoms with van der Waals surface area (Å²) in [5.74, 6) is 0. The molecule has 1 aliphatic carbocycles. The molecule has 1 heteroatoms. The van der Waals surface area contributed by atoms with E-state index in [1.807, 2.05) is 0 Å². The van der Waals surface area contributed by atoms with Gasteiger partial charge in [-0.15, -0.1) is 0 Å². The molecule has 0 aliphatic heterocycles. The zero-order chi connectivity index (χ0) is 28.7. The number of unbranched alkanes of at least 4 members (excludes halogenated alkanes) is 1. The number of hydrogen-bond donors (Lipinski definition) is 0. The Morgan fingerprint density at radius 3 is 1.12 bits per heavy atom. The Labute approximate surface area is 246 Å². The first-order valence-corrected chi connectivity index (χ1v) is 18.1. The molecular weight excluding hydrogens is 497 g/mol. The van der Waals surface area contributed by atoms with Gasteiger partial charge < -0.3 is 0 Å². The maximum atomic E-state index is 2.59. The van der Waals surface area contributed by atoms with Crippen molar-refractivity contribution in [3.63, 3.8) is 0 Å². The molecule has 0 unspecified atom stereocenters. The minimum absolute atomic E-state index is 1.07. The average Bonchev–Trinajstić information content (AvgIpc) is 3.48. The zero-order valence-electron chi connectivity index (χ0n) is 26.3. The second kappa shape index (κ2) is 13.8. The van der Waals surface area contributed by atoms with Crippen molar-refractivity contribution in [2.75, 3.05) is 0 Å². The molecule has 0 atom stereocenters. The molecule has 0 spiro atoms. The average molecular weight is 548 g/mol. The van der Waals surface area contributed by atoms with Gasteiger partial charge in [0.25, 0.3) is 0 Å². The highest BCUT2D eigenvalue weighted by Gasteiger charge is 2.48. The van der Waals surface area contributed by atoms with E-state index in [9.17, 15) is 0 Å². The van der Waals surface area contributed by atoms with Crippen LogP contribution in [0.15, 0.2) is 78.4 Å². The lowest BCUT2D eigenvalue weighted by Gasteiger charge is -2.41. The molecule has 0 amide bonds. The summed E-state index contributed by atoms with van der Waals surface area (Å²) in [6, 6.07) is 22.9. The van der Waals surface area contributed by atoms with Crippen molar-refractivity contribution >= 4 is 23.6 Å². The van der Waals surface area contributed by atoms with E-state index in [0.29, 0.717) is 0 Å². The maximum Gasteiger partial charge on any atom is 0.163 e. The molecule has 0 bridgehead atoms. The Morgan fingerprint density at radius 2 is 0.825 bits per heavy atom. The van der Waals surface area contributed by atoms with Crippen LogP contribution in [0.4, 0.5) is 0 Å². The lowest BCUT2D eigenvalue weighted by Crippen LogP contribution is -2.71. The van der Waals surface area contributed by atoms with Crippen LogP contribution in [-0.2, 0) is 38.5 Å². The predicted octanol–water partition coefficient (Wildman–Crippen LogP) is 8.33. The van der Waals surface area contributed by atoms with Gasteiger partial charge in [0.15, 0.2) is 8.07 Å². The minimum atomic E-state index is -2.63. The maximum absolute atomic E-state index is 2.63. The number of rotatable bonds is 13. The van der Waals surface area contributed by atoms with E-state index >= 15 is 0 Å². The third kappa shape index (κ3) is 6.01. The normalized spacial score (nSPS) is 13.7. The topological polar surface area (TPSA) is 0 Å². The van der Waals surface area contributed by atoms with Crippen molar-refractivity contribution in [1.29, 1.82) is 0 Å². The Hall–Kier alpha value is -2.64. The predicted molar refractivity (Wildman–Crippen MR) is 180 cm³/mol. The molecule has 4 rings (SSSR count). The first-order valence-electron chi connectivity index (χ1n) is 16.1. The van der Waals surface area contributed by atoms with Gasteiger partial charge in [-0.1, -0.05) is 133 Å². The second-order valence-electron chi connectivity index (χ2n) is 11.6. The van der Waals surface area contributed by atoms with E-state index in [0.717, 1.165) is 44.9 Å². The molecule has 0 nitrogen and oxygen atoms in total. The first kappa shape index (κ1) is 30.3. The third-order valence-electron chi connectivity index (χ3n) is 9.02. The van der Waals surface area contributed by atoms with Gasteiger partial charge in [-0.25, -0.2) is 0 Å². The van der Waals surface area contributed by atoms with Gasteiger partial charge in [-0.05, 0) is 100 Å². The number of allylic oxidation sites excluding steroid dienone is 4. The smallest absolute Gasteiger partial charge is 0.0750 e. The van der Waals surface area contributed by atoms with Gasteiger partial charge in [0.2, 0.25) is 0 Å². The van der Waals surface area contributed by atoms with Gasteiger partial charge in [0, 0.05) is 5.54 Å². The standard InChI is InChI=1S/C39H51Si/c1-8-15-17-35-18-16-19-39(35)40(36-23-29(9-2)20-30(10-3)24-36,37-25-31(11-4)21-32(12-5)26-37)38-27-33(13-6)22-34(14-7)28-38/h16,18-28H,8-15,17H2,1-7H3. The largest absolute Gasteiger partial charge is 0.163 e. The van der Waals surface area contributed by atoms with E-state index in [4.69, 9.17) is 0 Å². The fourth-order valence-corrected chi connectivity index (χ4v) is 11.9. The minimum Gasteiger partial charge on any atom is -0.0750 e. The van der Waals surface area contributed by atoms with Crippen LogP contribution in [0.3, 0.4) is 0 Å². The Morgan fingerprint density at radius 1 is 0.475 bits per heavy atom. The molecule has 1 aliphatic rings. The van der Waals surface area contributed by atoms with Crippen LogP contribution >= 0.6 is 0 Å². The molecule has 211 valence electrons. The molecule has 0 saturated heterocycles. The molecule has 40 heavy (non-hydrogen) atoms. The quantitative estimate of drug-likeness (QED) is 0.149. The van der Waals surface area contributed by atoms with Crippen LogP contribution in [0.25, 0.3) is 0 Å². The number of hydrogen-bond acceptors (Lipinski definition) is 0. The summed E-state index contributed by atoms with van der Waals surface area (Å²) in [5.41, 5.74) is 12.0. The van der Waals surface area contributed by atoms with E-state index < -0.39 is 8.07 Å². The summed E-state index contributed by atoms with van der Waals surface area (Å²) < 4.78 is 0. The molecule has 0 heterocycles. The van der Waals surface area contributed by atoms with Crippen LogP contribution in [0.1, 0.15) is 101 Å². The second-order valence-corrected chi connectivity index (χ2v) is 15.3. The highest BCUT2D eigenvalue weighted by Crippen LogP contribution is 2.36. The third-order valence-corrected chi connectivity index (χ3v) is 13.8. The van der Waals surface area contributed by atoms with Gasteiger partial charge >= 0.3 is 0 Å². The lowest BCUT2D eigenvalue weighted by atomic mass is 10.1. The Kier molecular flexibility index (Phi) is 10.5. The van der Waals surface area contributed by atoms with E-state index in [1.54, 1.807) is 26.7 Å². The molecule has 0 saturated carbocycles. The van der Waals surface area contributed by atoms with Gasteiger partial charge in [0.1, 0.15) is 0 Å². The van der Waals surface area contributed by atoms with Crippen LogP contribution in [-0.4, -0.2) is 8.07 Å². The fourth-order valence-electron chi connectivity index (χ4n) is 6.54. The Bertz CT molecular complexity index is 1150. The monoisotopic (exact) mass is 547 g/mol. The summed E-state index contributed by atoms with van der Waals surface area (Å²) in [4.78, 5) is 0. The Balaban J connectivity index is 2.21. The van der Waals surface area contributed by atoms with Crippen molar-refractivity contribution in [2.24, 2.45) is 0 Å². The summed E-state index contributed by atoms with van der Waals surface area (Å²) in [6.45, 7) is 16.2. The van der Waals surface area contributed by atoms with Crippen molar-refractivity contribution in [1.82, 2.24) is 0 Å². The van der Waals surface area contributed by atoms with Crippen LogP contribution < -0.4 is 15.6 Å². The van der Waals surface area contributed by atoms with Crippen molar-refractivity contribution in [3.05, 3.63) is 117 Å². The van der Waals surface area contributed by atoms with Gasteiger partial charge in [-0.2, -0.15) is 0 Å². The summed E-state index contributed by atoms with van der Waals surface area (Å²) in [6.07, 6.45) is 17.3. The zero-order valence-corrected chi connectivity index (χ0v) is 27.3. The summed E-state index contributed by atoms with van der Waals surface area (Å²) >= 11 is 0. The van der Waals surface area contributed by atoms with Crippen molar-refractivity contribution in [3.8, 4) is 0 Å². The van der Waals surface area contributed by atoms with Crippen LogP contribution in [0.5, 0.6) is 0 Å². The SMILES string of the molecule is CCCCC1=CC=C[C]1[Si](c1cc(CC)cc(CC)c1)(c1cc(CC)cc(CC)c1)c1cc(CC)cc(CC)c1. The van der Waals surface area contributed by atoms with Crippen LogP contribution in [0.2, 0.25) is 0 Å². The van der Waals surface area contributed by atoms with E-state index in [-0.39, 0.29) is 0 Å². The molecule has 1 radical (unpaired) electrons. The molecule has 0 aromatic heterocycles. The highest BCUT2D eigenvalue weighted by atomic mass is 28.3. The first-order chi connectivity index (χ1) is 19.5. The summed E-state index contributed by atoms with van der Waals surface area (Å²) in [5, 5.41) is 4.70. The number of benzene rings is 3. The summed E-state index contributed by atoms with van der Waals surface area (Å²) in [7, 11) is -2.63. The fraction of sp³-hybridized carbons (Fsp3) is 0.410. The van der Waals surface area contributed by atoms with Crippen molar-refractivity contribution < 1.29 is 0 Å². The lowest BCUT2D eigenvalue weighted by molar-refractivity contribution is 0.791. The highest BCUT2D eigenvalue weighted by molar-refractivity contribution is 7.16. The number of aryl methyl sites for hydroxylation is 6. The molecule has 3 aromatic rings. The molecular formula is C39H51Si. The molecule has 3 aromatic carbocycles. The van der Waals surface area contributed by atoms with Gasteiger partial charge in [-0.3, -0.25) is 0 Å². The van der Waals surface area contributed by atoms with E-state index in [2.05, 4.69) is 121 Å². The van der Waals surface area contributed by atoms with E-state index in [1.165, 1.54) is 46.2 Å². The molecule has 0 fully saturated rings. The van der Waals surface area contributed by atoms with Crippen LogP contribution in [0, 0.1) is 5.54 Å². The van der Waals surface area contributed by atoms with Crippen molar-refractivity contribution in [2.45, 2.75) is 106 Å².